The van der Waals surface area contributed by atoms with Gasteiger partial charge in [-0.2, -0.15) is 13.2 Å². The van der Waals surface area contributed by atoms with E-state index < -0.39 is 17.6 Å². The Balaban J connectivity index is 2.10. The van der Waals surface area contributed by atoms with Crippen LogP contribution in [0.4, 0.5) is 18.9 Å². The van der Waals surface area contributed by atoms with Crippen LogP contribution in [0.3, 0.4) is 0 Å². The lowest BCUT2D eigenvalue weighted by atomic mass is 10.2. The first-order valence-corrected chi connectivity index (χ1v) is 5.24. The summed E-state index contributed by atoms with van der Waals surface area (Å²) in [6.45, 7) is 0. The van der Waals surface area contributed by atoms with E-state index in [9.17, 15) is 18.0 Å². The highest BCUT2D eigenvalue weighted by molar-refractivity contribution is 5.92. The molecule has 1 amide bonds. The normalized spacial score (nSPS) is 11.1. The number of hydrogen-bond acceptors (Lipinski definition) is 3. The molecule has 19 heavy (non-hydrogen) atoms. The summed E-state index contributed by atoms with van der Waals surface area (Å²) in [6.07, 6.45) is -3.21. The molecule has 0 unspecified atom stereocenters. The molecule has 0 bridgehead atoms. The van der Waals surface area contributed by atoms with Gasteiger partial charge in [0.2, 0.25) is 0 Å². The number of furan rings is 1. The number of nitrogens with one attached hydrogen (secondary N) is 2. The largest absolute Gasteiger partial charge is 0.459 e. The highest BCUT2D eigenvalue weighted by atomic mass is 19.4. The van der Waals surface area contributed by atoms with Crippen molar-refractivity contribution in [3.05, 3.63) is 54.0 Å². The quantitative estimate of drug-likeness (QED) is 0.843. The van der Waals surface area contributed by atoms with Gasteiger partial charge < -0.3 is 4.42 Å². The van der Waals surface area contributed by atoms with Crippen LogP contribution >= 0.6 is 0 Å². The maximum Gasteiger partial charge on any atom is 0.418 e. The zero-order chi connectivity index (χ0) is 13.9. The number of hydrogen-bond donors (Lipinski definition) is 2. The number of rotatable bonds is 3. The number of anilines is 1. The second kappa shape index (κ2) is 5.05. The van der Waals surface area contributed by atoms with Crippen molar-refractivity contribution in [1.29, 1.82) is 0 Å². The molecule has 0 radical (unpaired) electrons. The van der Waals surface area contributed by atoms with E-state index in [0.29, 0.717) is 0 Å². The van der Waals surface area contributed by atoms with E-state index in [0.717, 1.165) is 6.07 Å². The van der Waals surface area contributed by atoms with Gasteiger partial charge in [-0.15, -0.1) is 0 Å². The third-order valence-corrected chi connectivity index (χ3v) is 2.29. The summed E-state index contributed by atoms with van der Waals surface area (Å²) >= 11 is 0. The van der Waals surface area contributed by atoms with E-state index >= 15 is 0 Å². The molecule has 1 aromatic carbocycles. The molecule has 1 aromatic heterocycles. The summed E-state index contributed by atoms with van der Waals surface area (Å²) in [5.74, 6) is -0.668. The lowest BCUT2D eigenvalue weighted by Gasteiger charge is -2.14. The van der Waals surface area contributed by atoms with E-state index in [1.807, 2.05) is 0 Å². The molecule has 4 nitrogen and oxygen atoms in total. The van der Waals surface area contributed by atoms with Crippen LogP contribution in [-0.2, 0) is 6.18 Å². The van der Waals surface area contributed by atoms with Gasteiger partial charge in [0.05, 0.1) is 17.5 Å². The molecule has 2 N–H and O–H groups in total. The maximum atomic E-state index is 12.7. The van der Waals surface area contributed by atoms with Crippen molar-refractivity contribution in [1.82, 2.24) is 5.43 Å². The standard InChI is InChI=1S/C12H9F3N2O2/c13-12(14,15)8-4-1-2-5-9(8)16-17-11(18)10-6-3-7-19-10/h1-7,16H,(H,17,18). The predicted molar refractivity (Wildman–Crippen MR) is 61.2 cm³/mol. The molecule has 100 valence electrons. The van der Waals surface area contributed by atoms with Crippen LogP contribution in [0.15, 0.2) is 47.1 Å². The van der Waals surface area contributed by atoms with Crippen molar-refractivity contribution in [3.63, 3.8) is 0 Å². The molecule has 0 aliphatic heterocycles. The number of hydrazine groups is 1. The molecule has 1 heterocycles. The van der Waals surface area contributed by atoms with Crippen LogP contribution in [0.25, 0.3) is 0 Å². The first-order chi connectivity index (χ1) is 8.98. The summed E-state index contributed by atoms with van der Waals surface area (Å²) in [7, 11) is 0. The van der Waals surface area contributed by atoms with Crippen LogP contribution in [0, 0.1) is 0 Å². The van der Waals surface area contributed by atoms with E-state index in [-0.39, 0.29) is 11.4 Å². The molecule has 0 aliphatic rings. The molecule has 7 heteroatoms. The summed E-state index contributed by atoms with van der Waals surface area (Å²) in [6, 6.07) is 7.72. The first kappa shape index (κ1) is 13.0. The van der Waals surface area contributed by atoms with Gasteiger partial charge in [-0.3, -0.25) is 15.6 Å². The van der Waals surface area contributed by atoms with Gasteiger partial charge in [0.15, 0.2) is 5.76 Å². The average molecular weight is 270 g/mol. The molecule has 0 atom stereocenters. The van der Waals surface area contributed by atoms with Crippen molar-refractivity contribution >= 4 is 11.6 Å². The predicted octanol–water partition coefficient (Wildman–Crippen LogP) is 3.06. The van der Waals surface area contributed by atoms with Gasteiger partial charge in [-0.1, -0.05) is 12.1 Å². The van der Waals surface area contributed by atoms with Crippen molar-refractivity contribution < 1.29 is 22.4 Å². The number of halogens is 3. The summed E-state index contributed by atoms with van der Waals surface area (Å²) in [5.41, 5.74) is 3.25. The molecule has 0 aliphatic carbocycles. The zero-order valence-corrected chi connectivity index (χ0v) is 9.49. The molecule has 2 aromatic rings. The van der Waals surface area contributed by atoms with Crippen molar-refractivity contribution in [2.24, 2.45) is 0 Å². The van der Waals surface area contributed by atoms with Gasteiger partial charge in [0.25, 0.3) is 0 Å². The van der Waals surface area contributed by atoms with E-state index in [4.69, 9.17) is 4.42 Å². The van der Waals surface area contributed by atoms with Gasteiger partial charge in [0.1, 0.15) is 0 Å². The number of carbonyl (C=O) groups excluding carboxylic acids is 1. The Bertz CT molecular complexity index is 565. The first-order valence-electron chi connectivity index (χ1n) is 5.24. The number of para-hydroxylation sites is 1. The SMILES string of the molecule is O=C(NNc1ccccc1C(F)(F)F)c1ccco1. The third kappa shape index (κ3) is 3.06. The second-order valence-corrected chi connectivity index (χ2v) is 3.60. The molecule has 2 rings (SSSR count). The number of alkyl halides is 3. The summed E-state index contributed by atoms with van der Waals surface area (Å²) < 4.78 is 42.8. The van der Waals surface area contributed by atoms with Gasteiger partial charge in [0, 0.05) is 0 Å². The highest BCUT2D eigenvalue weighted by Gasteiger charge is 2.33. The van der Waals surface area contributed by atoms with Crippen LogP contribution in [0.1, 0.15) is 16.1 Å². The Labute approximate surface area is 106 Å². The van der Waals surface area contributed by atoms with Gasteiger partial charge >= 0.3 is 12.1 Å². The lowest BCUT2D eigenvalue weighted by molar-refractivity contribution is -0.137. The van der Waals surface area contributed by atoms with E-state index in [1.165, 1.54) is 36.6 Å². The fraction of sp³-hybridized carbons (Fsp3) is 0.0833. The maximum absolute atomic E-state index is 12.7. The zero-order valence-electron chi connectivity index (χ0n) is 9.49. The highest BCUT2D eigenvalue weighted by Crippen LogP contribution is 2.34. The minimum Gasteiger partial charge on any atom is -0.459 e. The molecule has 0 fully saturated rings. The van der Waals surface area contributed by atoms with Crippen LogP contribution in [-0.4, -0.2) is 5.91 Å². The van der Waals surface area contributed by atoms with Crippen molar-refractivity contribution in [2.75, 3.05) is 5.43 Å². The Morgan fingerprint density at radius 3 is 2.47 bits per heavy atom. The number of carbonyl (C=O) groups is 1. The number of amides is 1. The van der Waals surface area contributed by atoms with Crippen LogP contribution in [0.2, 0.25) is 0 Å². The average Bonchev–Trinajstić information content (AvgIpc) is 2.89. The van der Waals surface area contributed by atoms with Crippen molar-refractivity contribution in [3.8, 4) is 0 Å². The van der Waals surface area contributed by atoms with Crippen LogP contribution < -0.4 is 10.9 Å². The Morgan fingerprint density at radius 1 is 1.11 bits per heavy atom. The van der Waals surface area contributed by atoms with Gasteiger partial charge in [-0.25, -0.2) is 0 Å². The van der Waals surface area contributed by atoms with E-state index in [2.05, 4.69) is 10.9 Å². The summed E-state index contributed by atoms with van der Waals surface area (Å²) in [4.78, 5) is 11.5. The molecular formula is C12H9F3N2O2. The molecular weight excluding hydrogens is 261 g/mol. The van der Waals surface area contributed by atoms with Crippen LogP contribution in [0.5, 0.6) is 0 Å². The fourth-order valence-electron chi connectivity index (χ4n) is 1.43. The van der Waals surface area contributed by atoms with Crippen molar-refractivity contribution in [2.45, 2.75) is 6.18 Å². The topological polar surface area (TPSA) is 54.3 Å². The second-order valence-electron chi connectivity index (χ2n) is 3.60. The number of benzene rings is 1. The third-order valence-electron chi connectivity index (χ3n) is 2.29. The Kier molecular flexibility index (Phi) is 3.46. The smallest absolute Gasteiger partial charge is 0.418 e. The van der Waals surface area contributed by atoms with Gasteiger partial charge in [-0.05, 0) is 24.3 Å². The Hall–Kier alpha value is -2.44. The molecule has 0 spiro atoms. The molecule has 0 saturated heterocycles. The minimum absolute atomic E-state index is 0.00279. The summed E-state index contributed by atoms with van der Waals surface area (Å²) in [5, 5.41) is 0. The van der Waals surface area contributed by atoms with E-state index in [1.54, 1.807) is 0 Å². The molecule has 0 saturated carbocycles. The fourth-order valence-corrected chi connectivity index (χ4v) is 1.43. The monoisotopic (exact) mass is 270 g/mol. The lowest BCUT2D eigenvalue weighted by Crippen LogP contribution is -2.30. The minimum atomic E-state index is -4.50. The Morgan fingerprint density at radius 2 is 1.84 bits per heavy atom.